The first-order valence-electron chi connectivity index (χ1n) is 6.58. The standard InChI is InChI=1S/C13H22N6O/c1-12(2,3)9-6-8(16-17-9)7-15-11-19-18-10(20-11)13(4,5)14/h6H,7,14H2,1-5H3,(H,15,19)(H,16,17). The minimum Gasteiger partial charge on any atom is -0.406 e. The van der Waals surface area contributed by atoms with Crippen LogP contribution in [0.15, 0.2) is 10.5 Å². The van der Waals surface area contributed by atoms with Gasteiger partial charge in [-0.15, -0.1) is 5.10 Å². The van der Waals surface area contributed by atoms with Crippen molar-refractivity contribution < 1.29 is 4.42 Å². The van der Waals surface area contributed by atoms with Crippen LogP contribution in [0.25, 0.3) is 0 Å². The van der Waals surface area contributed by atoms with Crippen molar-refractivity contribution in [2.45, 2.75) is 52.1 Å². The summed E-state index contributed by atoms with van der Waals surface area (Å²) in [6.45, 7) is 10.5. The maximum absolute atomic E-state index is 5.89. The summed E-state index contributed by atoms with van der Waals surface area (Å²) in [6, 6.07) is 2.38. The molecule has 0 amide bonds. The number of hydrogen-bond donors (Lipinski definition) is 3. The largest absolute Gasteiger partial charge is 0.406 e. The van der Waals surface area contributed by atoms with Crippen molar-refractivity contribution in [3.8, 4) is 0 Å². The van der Waals surface area contributed by atoms with Crippen molar-refractivity contribution in [3.63, 3.8) is 0 Å². The Morgan fingerprint density at radius 2 is 1.95 bits per heavy atom. The van der Waals surface area contributed by atoms with Crippen LogP contribution in [0, 0.1) is 0 Å². The molecular weight excluding hydrogens is 256 g/mol. The molecule has 2 aromatic rings. The van der Waals surface area contributed by atoms with Gasteiger partial charge < -0.3 is 15.5 Å². The van der Waals surface area contributed by atoms with Gasteiger partial charge in [0.1, 0.15) is 0 Å². The van der Waals surface area contributed by atoms with Gasteiger partial charge in [0.2, 0.25) is 5.89 Å². The quantitative estimate of drug-likeness (QED) is 0.788. The topological polar surface area (TPSA) is 106 Å². The second-order valence-corrected chi connectivity index (χ2v) is 6.52. The number of aromatic nitrogens is 4. The molecule has 0 aliphatic heterocycles. The summed E-state index contributed by atoms with van der Waals surface area (Å²) in [5.74, 6) is 0.403. The van der Waals surface area contributed by atoms with Gasteiger partial charge in [0.15, 0.2) is 0 Å². The molecule has 0 spiro atoms. The Morgan fingerprint density at radius 1 is 1.25 bits per heavy atom. The number of H-pyrrole nitrogens is 1. The third-order valence-electron chi connectivity index (χ3n) is 2.81. The first-order valence-corrected chi connectivity index (χ1v) is 6.58. The highest BCUT2D eigenvalue weighted by atomic mass is 16.4. The molecule has 20 heavy (non-hydrogen) atoms. The lowest BCUT2D eigenvalue weighted by Gasteiger charge is -2.13. The lowest BCUT2D eigenvalue weighted by molar-refractivity contribution is 0.384. The van der Waals surface area contributed by atoms with Crippen LogP contribution in [0.3, 0.4) is 0 Å². The zero-order chi connectivity index (χ0) is 15.0. The van der Waals surface area contributed by atoms with E-state index in [2.05, 4.69) is 46.5 Å². The lowest BCUT2D eigenvalue weighted by Crippen LogP contribution is -2.29. The summed E-state index contributed by atoms with van der Waals surface area (Å²) in [5.41, 5.74) is 7.25. The van der Waals surface area contributed by atoms with E-state index in [0.717, 1.165) is 11.4 Å². The normalized spacial score (nSPS) is 12.7. The predicted octanol–water partition coefficient (Wildman–Crippen LogP) is 1.90. The van der Waals surface area contributed by atoms with Crippen molar-refractivity contribution in [2.75, 3.05) is 5.32 Å². The van der Waals surface area contributed by atoms with E-state index in [1.165, 1.54) is 0 Å². The molecule has 0 unspecified atom stereocenters. The van der Waals surface area contributed by atoms with Gasteiger partial charge in [-0.25, -0.2) is 0 Å². The molecule has 2 rings (SSSR count). The van der Waals surface area contributed by atoms with Crippen LogP contribution in [0.1, 0.15) is 51.9 Å². The molecule has 0 aliphatic carbocycles. The van der Waals surface area contributed by atoms with Crippen molar-refractivity contribution in [2.24, 2.45) is 5.73 Å². The van der Waals surface area contributed by atoms with E-state index in [1.54, 1.807) is 0 Å². The molecule has 0 aliphatic rings. The Balaban J connectivity index is 1.99. The highest BCUT2D eigenvalue weighted by Crippen LogP contribution is 2.21. The van der Waals surface area contributed by atoms with Crippen molar-refractivity contribution >= 4 is 6.01 Å². The number of nitrogens with zero attached hydrogens (tertiary/aromatic N) is 3. The van der Waals surface area contributed by atoms with Gasteiger partial charge in [-0.3, -0.25) is 5.10 Å². The van der Waals surface area contributed by atoms with E-state index < -0.39 is 5.54 Å². The van der Waals surface area contributed by atoms with Crippen molar-refractivity contribution in [1.29, 1.82) is 0 Å². The van der Waals surface area contributed by atoms with Gasteiger partial charge in [0.05, 0.1) is 23.5 Å². The number of anilines is 1. The maximum Gasteiger partial charge on any atom is 0.315 e. The molecule has 7 nitrogen and oxygen atoms in total. The number of hydrogen-bond acceptors (Lipinski definition) is 6. The molecular formula is C13H22N6O. The number of nitrogens with two attached hydrogens (primary N) is 1. The fourth-order valence-electron chi connectivity index (χ4n) is 1.56. The van der Waals surface area contributed by atoms with E-state index in [9.17, 15) is 0 Å². The molecule has 0 aromatic carbocycles. The van der Waals surface area contributed by atoms with Gasteiger partial charge in [0, 0.05) is 5.41 Å². The van der Waals surface area contributed by atoms with Gasteiger partial charge in [-0.05, 0) is 19.9 Å². The molecule has 0 atom stereocenters. The average Bonchev–Trinajstić information content (AvgIpc) is 2.94. The van der Waals surface area contributed by atoms with Crippen molar-refractivity contribution in [1.82, 2.24) is 20.4 Å². The summed E-state index contributed by atoms with van der Waals surface area (Å²) in [5, 5.41) is 18.2. The first-order chi connectivity index (χ1) is 9.16. The van der Waals surface area contributed by atoms with Crippen LogP contribution in [-0.2, 0) is 17.5 Å². The van der Waals surface area contributed by atoms with E-state index in [0.29, 0.717) is 18.5 Å². The van der Waals surface area contributed by atoms with Crippen LogP contribution < -0.4 is 11.1 Å². The van der Waals surface area contributed by atoms with E-state index in [-0.39, 0.29) is 5.41 Å². The van der Waals surface area contributed by atoms with Gasteiger partial charge in [-0.2, -0.15) is 5.10 Å². The van der Waals surface area contributed by atoms with E-state index in [1.807, 2.05) is 19.9 Å². The first kappa shape index (κ1) is 14.5. The number of rotatable bonds is 4. The van der Waals surface area contributed by atoms with E-state index in [4.69, 9.17) is 10.2 Å². The molecule has 0 fully saturated rings. The second kappa shape index (κ2) is 4.90. The highest BCUT2D eigenvalue weighted by Gasteiger charge is 2.22. The summed E-state index contributed by atoms with van der Waals surface area (Å²) in [7, 11) is 0. The smallest absolute Gasteiger partial charge is 0.315 e. The van der Waals surface area contributed by atoms with E-state index >= 15 is 0 Å². The minimum absolute atomic E-state index is 0.0238. The fourth-order valence-corrected chi connectivity index (χ4v) is 1.56. The summed E-state index contributed by atoms with van der Waals surface area (Å²) >= 11 is 0. The number of nitrogens with one attached hydrogen (secondary N) is 2. The maximum atomic E-state index is 5.89. The summed E-state index contributed by atoms with van der Waals surface area (Å²) in [4.78, 5) is 0. The van der Waals surface area contributed by atoms with Crippen LogP contribution >= 0.6 is 0 Å². The average molecular weight is 278 g/mol. The molecule has 2 heterocycles. The van der Waals surface area contributed by atoms with Gasteiger partial charge in [-0.1, -0.05) is 25.9 Å². The molecule has 110 valence electrons. The third kappa shape index (κ3) is 3.36. The Kier molecular flexibility index (Phi) is 3.56. The second-order valence-electron chi connectivity index (χ2n) is 6.52. The molecule has 4 N–H and O–H groups in total. The minimum atomic E-state index is -0.639. The Bertz CT molecular complexity index is 520. The molecule has 0 bridgehead atoms. The molecule has 0 saturated carbocycles. The molecule has 0 radical (unpaired) electrons. The fraction of sp³-hybridized carbons (Fsp3) is 0.615. The molecule has 2 aromatic heterocycles. The summed E-state index contributed by atoms with van der Waals surface area (Å²) in [6.07, 6.45) is 0. The SMILES string of the molecule is CC(C)(C)c1cc(CNc2nnc(C(C)(C)N)o2)[nH]n1. The highest BCUT2D eigenvalue weighted by molar-refractivity contribution is 5.23. The van der Waals surface area contributed by atoms with Crippen LogP contribution in [0.5, 0.6) is 0 Å². The molecule has 7 heteroatoms. The van der Waals surface area contributed by atoms with Crippen molar-refractivity contribution in [3.05, 3.63) is 23.3 Å². The van der Waals surface area contributed by atoms with Crippen LogP contribution in [0.4, 0.5) is 6.01 Å². The number of aromatic amines is 1. The molecule has 0 saturated heterocycles. The van der Waals surface area contributed by atoms with Gasteiger partial charge in [0.25, 0.3) is 0 Å². The van der Waals surface area contributed by atoms with Crippen LogP contribution in [-0.4, -0.2) is 20.4 Å². The third-order valence-corrected chi connectivity index (χ3v) is 2.81. The zero-order valence-corrected chi connectivity index (χ0v) is 12.6. The summed E-state index contributed by atoms with van der Waals surface area (Å²) < 4.78 is 5.45. The Hall–Kier alpha value is -1.89. The van der Waals surface area contributed by atoms with Gasteiger partial charge >= 0.3 is 6.01 Å². The zero-order valence-electron chi connectivity index (χ0n) is 12.6. The Morgan fingerprint density at radius 3 is 2.45 bits per heavy atom. The predicted molar refractivity (Wildman–Crippen MR) is 76.1 cm³/mol. The monoisotopic (exact) mass is 278 g/mol. The Labute approximate surface area is 118 Å². The van der Waals surface area contributed by atoms with Crippen LogP contribution in [0.2, 0.25) is 0 Å². The lowest BCUT2D eigenvalue weighted by atomic mass is 9.92.